The highest BCUT2D eigenvalue weighted by molar-refractivity contribution is 5.97. The lowest BCUT2D eigenvalue weighted by Crippen LogP contribution is -2.39. The number of fused-ring (bicyclic) bond motifs is 2. The molecule has 1 saturated heterocycles. The zero-order valence-corrected chi connectivity index (χ0v) is 12.3. The van der Waals surface area contributed by atoms with E-state index < -0.39 is 41.9 Å². The molecule has 2 bridgehead atoms. The summed E-state index contributed by atoms with van der Waals surface area (Å²) in [5.74, 6) is -3.61. The summed E-state index contributed by atoms with van der Waals surface area (Å²) in [4.78, 5) is 35.1. The number of methoxy groups -OCH3 is 1. The lowest BCUT2D eigenvalue weighted by atomic mass is 9.82. The largest absolute Gasteiger partial charge is 0.481 e. The second kappa shape index (κ2) is 5.85. The molecule has 1 aromatic carbocycles. The quantitative estimate of drug-likeness (QED) is 0.636. The van der Waals surface area contributed by atoms with Gasteiger partial charge in [-0.3, -0.25) is 9.59 Å². The third-order valence-electron chi connectivity index (χ3n) is 4.06. The first kappa shape index (κ1) is 15.2. The molecule has 2 N–H and O–H groups in total. The smallest absolute Gasteiger partial charge is 0.337 e. The second-order valence-electron chi connectivity index (χ2n) is 5.40. The summed E-state index contributed by atoms with van der Waals surface area (Å²) in [5, 5.41) is 12.0. The second-order valence-corrected chi connectivity index (χ2v) is 5.40. The molecule has 1 amide bonds. The summed E-state index contributed by atoms with van der Waals surface area (Å²) in [6.45, 7) is 0. The number of hydrogen-bond donors (Lipinski definition) is 2. The first-order valence-electron chi connectivity index (χ1n) is 7.07. The normalized spacial score (nSPS) is 27.7. The van der Waals surface area contributed by atoms with Gasteiger partial charge < -0.3 is 19.9 Å². The lowest BCUT2D eigenvalue weighted by molar-refractivity contribution is -0.145. The molecular weight excluding hydrogens is 302 g/mol. The summed E-state index contributed by atoms with van der Waals surface area (Å²) in [7, 11) is 1.28. The highest BCUT2D eigenvalue weighted by Gasteiger charge is 2.53. The Hall–Kier alpha value is -2.67. The van der Waals surface area contributed by atoms with Gasteiger partial charge in [0.1, 0.15) is 5.92 Å². The number of aliphatic carboxylic acids is 1. The molecule has 0 saturated carbocycles. The van der Waals surface area contributed by atoms with Crippen molar-refractivity contribution in [2.45, 2.75) is 12.2 Å². The van der Waals surface area contributed by atoms with Crippen LogP contribution >= 0.6 is 0 Å². The Balaban J connectivity index is 1.73. The van der Waals surface area contributed by atoms with Gasteiger partial charge in [0, 0.05) is 5.69 Å². The average molecular weight is 317 g/mol. The van der Waals surface area contributed by atoms with Crippen molar-refractivity contribution >= 4 is 23.5 Å². The number of anilines is 1. The molecule has 1 aromatic rings. The van der Waals surface area contributed by atoms with Gasteiger partial charge in [0.15, 0.2) is 0 Å². The number of benzene rings is 1. The van der Waals surface area contributed by atoms with Crippen molar-refractivity contribution in [1.29, 1.82) is 0 Å². The van der Waals surface area contributed by atoms with E-state index in [-0.39, 0.29) is 0 Å². The van der Waals surface area contributed by atoms with Gasteiger partial charge >= 0.3 is 11.9 Å². The molecule has 2 aliphatic heterocycles. The molecular formula is C16H15NO6. The van der Waals surface area contributed by atoms with Crippen LogP contribution in [-0.2, 0) is 19.1 Å². The minimum absolute atomic E-state index is 0.361. The van der Waals surface area contributed by atoms with E-state index in [2.05, 4.69) is 10.1 Å². The molecule has 3 rings (SSSR count). The molecule has 4 atom stereocenters. The molecule has 7 nitrogen and oxygen atoms in total. The number of ether oxygens (including phenoxy) is 2. The van der Waals surface area contributed by atoms with E-state index >= 15 is 0 Å². The van der Waals surface area contributed by atoms with Crippen LogP contribution in [0.4, 0.5) is 5.69 Å². The number of rotatable bonds is 4. The lowest BCUT2D eigenvalue weighted by Gasteiger charge is -2.21. The number of carboxylic acid groups (broad SMARTS) is 1. The van der Waals surface area contributed by atoms with Crippen LogP contribution in [-0.4, -0.2) is 42.3 Å². The Labute approximate surface area is 131 Å². The third-order valence-corrected chi connectivity index (χ3v) is 4.06. The fourth-order valence-electron chi connectivity index (χ4n) is 2.95. The molecule has 0 spiro atoms. The topological polar surface area (TPSA) is 102 Å². The first-order chi connectivity index (χ1) is 11.0. The van der Waals surface area contributed by atoms with Crippen molar-refractivity contribution in [2.75, 3.05) is 12.4 Å². The number of hydrogen-bond acceptors (Lipinski definition) is 5. The molecule has 0 unspecified atom stereocenters. The van der Waals surface area contributed by atoms with Crippen molar-refractivity contribution in [3.05, 3.63) is 42.0 Å². The van der Waals surface area contributed by atoms with Gasteiger partial charge in [-0.2, -0.15) is 0 Å². The Morgan fingerprint density at radius 3 is 2.26 bits per heavy atom. The number of carbonyl (C=O) groups is 3. The summed E-state index contributed by atoms with van der Waals surface area (Å²) in [6, 6.07) is 6.16. The molecule has 120 valence electrons. The van der Waals surface area contributed by atoms with Crippen LogP contribution in [0.1, 0.15) is 10.4 Å². The molecule has 0 aromatic heterocycles. The number of carbonyl (C=O) groups excluding carboxylic acids is 2. The summed E-state index contributed by atoms with van der Waals surface area (Å²) < 4.78 is 10.1. The van der Waals surface area contributed by atoms with Crippen molar-refractivity contribution in [3.63, 3.8) is 0 Å². The van der Waals surface area contributed by atoms with E-state index in [4.69, 9.17) is 4.74 Å². The first-order valence-corrected chi connectivity index (χ1v) is 7.07. The number of nitrogens with one attached hydrogen (secondary N) is 1. The highest BCUT2D eigenvalue weighted by Crippen LogP contribution is 2.39. The molecule has 2 heterocycles. The minimum atomic E-state index is -1.05. The maximum absolute atomic E-state index is 12.4. The van der Waals surface area contributed by atoms with Gasteiger partial charge in [0.25, 0.3) is 0 Å². The van der Waals surface area contributed by atoms with Crippen LogP contribution < -0.4 is 5.32 Å². The number of carboxylic acids is 1. The predicted octanol–water partition coefficient (Wildman–Crippen LogP) is 1.07. The predicted molar refractivity (Wildman–Crippen MR) is 78.8 cm³/mol. The maximum Gasteiger partial charge on any atom is 0.337 e. The van der Waals surface area contributed by atoms with Crippen LogP contribution in [0.3, 0.4) is 0 Å². The van der Waals surface area contributed by atoms with E-state index in [1.165, 1.54) is 19.2 Å². The SMILES string of the molecule is COC(=O)c1ccc(NC(=O)[C@H]2[C@@H](C(=O)O)[C@@H]3C=C[C@H]2O3)cc1. The molecule has 2 aliphatic rings. The number of amides is 1. The maximum atomic E-state index is 12.4. The van der Waals surface area contributed by atoms with E-state index in [1.54, 1.807) is 24.3 Å². The Morgan fingerprint density at radius 1 is 1.09 bits per heavy atom. The van der Waals surface area contributed by atoms with E-state index in [9.17, 15) is 19.5 Å². The Bertz CT molecular complexity index is 680. The van der Waals surface area contributed by atoms with Crippen LogP contribution in [0, 0.1) is 11.8 Å². The summed E-state index contributed by atoms with van der Waals surface area (Å²) in [5.41, 5.74) is 0.832. The van der Waals surface area contributed by atoms with E-state index in [1.807, 2.05) is 0 Å². The third kappa shape index (κ3) is 2.70. The Morgan fingerprint density at radius 2 is 1.70 bits per heavy atom. The van der Waals surface area contributed by atoms with Crippen LogP contribution in [0.25, 0.3) is 0 Å². The van der Waals surface area contributed by atoms with E-state index in [0.29, 0.717) is 11.3 Å². The van der Waals surface area contributed by atoms with Crippen LogP contribution in [0.2, 0.25) is 0 Å². The molecule has 7 heteroatoms. The molecule has 0 aliphatic carbocycles. The van der Waals surface area contributed by atoms with Crippen molar-refractivity contribution < 1.29 is 29.0 Å². The molecule has 23 heavy (non-hydrogen) atoms. The molecule has 0 radical (unpaired) electrons. The Kier molecular flexibility index (Phi) is 3.87. The van der Waals surface area contributed by atoms with Gasteiger partial charge in [-0.25, -0.2) is 4.79 Å². The van der Waals surface area contributed by atoms with Crippen molar-refractivity contribution in [1.82, 2.24) is 0 Å². The monoisotopic (exact) mass is 317 g/mol. The highest BCUT2D eigenvalue weighted by atomic mass is 16.5. The molecule has 1 fully saturated rings. The van der Waals surface area contributed by atoms with Crippen molar-refractivity contribution in [3.8, 4) is 0 Å². The van der Waals surface area contributed by atoms with Gasteiger partial charge in [0.2, 0.25) is 5.91 Å². The standard InChI is InChI=1S/C16H15NO6/c1-22-16(21)8-2-4-9(5-3-8)17-14(18)12-10-6-7-11(23-10)13(12)15(19)20/h2-7,10-13H,1H3,(H,17,18)(H,19,20)/t10-,11+,12-,13+/m1/s1. The van der Waals surface area contributed by atoms with Crippen LogP contribution in [0.15, 0.2) is 36.4 Å². The fourth-order valence-corrected chi connectivity index (χ4v) is 2.95. The summed E-state index contributed by atoms with van der Waals surface area (Å²) in [6.07, 6.45) is 2.32. The summed E-state index contributed by atoms with van der Waals surface area (Å²) >= 11 is 0. The van der Waals surface area contributed by atoms with Gasteiger partial charge in [-0.1, -0.05) is 12.2 Å². The van der Waals surface area contributed by atoms with Crippen molar-refractivity contribution in [2.24, 2.45) is 11.8 Å². The fraction of sp³-hybridized carbons (Fsp3) is 0.312. The zero-order valence-electron chi connectivity index (χ0n) is 12.3. The average Bonchev–Trinajstić information content (AvgIpc) is 3.15. The van der Waals surface area contributed by atoms with Gasteiger partial charge in [0.05, 0.1) is 30.8 Å². The van der Waals surface area contributed by atoms with E-state index in [0.717, 1.165) is 0 Å². The van der Waals surface area contributed by atoms with Gasteiger partial charge in [-0.15, -0.1) is 0 Å². The minimum Gasteiger partial charge on any atom is -0.481 e. The zero-order chi connectivity index (χ0) is 16.6. The van der Waals surface area contributed by atoms with Gasteiger partial charge in [-0.05, 0) is 24.3 Å². The number of esters is 1. The van der Waals surface area contributed by atoms with Crippen LogP contribution in [0.5, 0.6) is 0 Å².